The first kappa shape index (κ1) is 14.3. The highest BCUT2D eigenvalue weighted by Gasteiger charge is 2.32. The van der Waals surface area contributed by atoms with E-state index >= 15 is 0 Å². The van der Waals surface area contributed by atoms with Crippen LogP contribution in [-0.4, -0.2) is 8.42 Å². The van der Waals surface area contributed by atoms with Gasteiger partial charge in [-0.25, -0.2) is 12.8 Å². The van der Waals surface area contributed by atoms with E-state index in [1.54, 1.807) is 17.0 Å². The van der Waals surface area contributed by atoms with Crippen LogP contribution < -0.4 is 4.90 Å². The van der Waals surface area contributed by atoms with Crippen LogP contribution in [0.25, 0.3) is 0 Å². The zero-order valence-corrected chi connectivity index (χ0v) is 12.4. The SMILES string of the molecule is Cc1cccc(N2C=C(C#N)S(=O)(=O)c3cc(F)ccc32)c1. The summed E-state index contributed by atoms with van der Waals surface area (Å²) < 4.78 is 38.2. The van der Waals surface area contributed by atoms with Gasteiger partial charge in [0.25, 0.3) is 0 Å². The molecule has 0 aromatic heterocycles. The fourth-order valence-corrected chi connectivity index (χ4v) is 3.67. The van der Waals surface area contributed by atoms with Crippen LogP contribution in [0.3, 0.4) is 0 Å². The van der Waals surface area contributed by atoms with Crippen LogP contribution in [0, 0.1) is 24.1 Å². The zero-order chi connectivity index (χ0) is 15.9. The molecule has 4 nitrogen and oxygen atoms in total. The van der Waals surface area contributed by atoms with Crippen LogP contribution in [0.15, 0.2) is 58.5 Å². The summed E-state index contributed by atoms with van der Waals surface area (Å²) in [5.41, 5.74) is 2.02. The molecule has 6 heteroatoms. The summed E-state index contributed by atoms with van der Waals surface area (Å²) in [5.74, 6) is -0.661. The predicted octanol–water partition coefficient (Wildman–Crippen LogP) is 3.42. The van der Waals surface area contributed by atoms with Crippen molar-refractivity contribution in [1.82, 2.24) is 0 Å². The Kier molecular flexibility index (Phi) is 3.23. The number of anilines is 2. The van der Waals surface area contributed by atoms with Crippen LogP contribution >= 0.6 is 0 Å². The number of hydrogen-bond acceptors (Lipinski definition) is 4. The van der Waals surface area contributed by atoms with Gasteiger partial charge in [-0.3, -0.25) is 0 Å². The largest absolute Gasteiger partial charge is 0.314 e. The maximum atomic E-state index is 13.5. The number of hydrogen-bond donors (Lipinski definition) is 0. The zero-order valence-electron chi connectivity index (χ0n) is 11.6. The van der Waals surface area contributed by atoms with Crippen LogP contribution in [0.2, 0.25) is 0 Å². The molecular weight excluding hydrogens is 303 g/mol. The van der Waals surface area contributed by atoms with Crippen molar-refractivity contribution in [3.8, 4) is 6.07 Å². The third kappa shape index (κ3) is 2.16. The van der Waals surface area contributed by atoms with Crippen molar-refractivity contribution in [2.24, 2.45) is 0 Å². The monoisotopic (exact) mass is 314 g/mol. The van der Waals surface area contributed by atoms with Gasteiger partial charge in [0.15, 0.2) is 4.91 Å². The molecule has 110 valence electrons. The second kappa shape index (κ2) is 4.97. The Bertz CT molecular complexity index is 943. The van der Waals surface area contributed by atoms with E-state index in [1.165, 1.54) is 18.3 Å². The number of benzene rings is 2. The summed E-state index contributed by atoms with van der Waals surface area (Å²) in [6.45, 7) is 1.91. The Hall–Kier alpha value is -2.65. The molecule has 0 unspecified atom stereocenters. The predicted molar refractivity (Wildman–Crippen MR) is 80.6 cm³/mol. The molecule has 0 bridgehead atoms. The fourth-order valence-electron chi connectivity index (χ4n) is 2.36. The molecule has 22 heavy (non-hydrogen) atoms. The van der Waals surface area contributed by atoms with Gasteiger partial charge in [0, 0.05) is 11.9 Å². The van der Waals surface area contributed by atoms with Crippen LogP contribution in [0.5, 0.6) is 0 Å². The quantitative estimate of drug-likeness (QED) is 0.809. The molecule has 0 N–H and O–H groups in total. The molecule has 0 amide bonds. The van der Waals surface area contributed by atoms with Crippen molar-refractivity contribution < 1.29 is 12.8 Å². The van der Waals surface area contributed by atoms with Gasteiger partial charge in [-0.2, -0.15) is 5.26 Å². The first-order valence-electron chi connectivity index (χ1n) is 6.46. The topological polar surface area (TPSA) is 61.2 Å². The average Bonchev–Trinajstić information content (AvgIpc) is 2.48. The summed E-state index contributed by atoms with van der Waals surface area (Å²) in [6, 6.07) is 12.6. The number of rotatable bonds is 1. The molecule has 3 rings (SSSR count). The maximum Gasteiger partial charge on any atom is 0.220 e. The number of nitrogens with zero attached hydrogens (tertiary/aromatic N) is 2. The van der Waals surface area contributed by atoms with Crippen LogP contribution in [0.4, 0.5) is 15.8 Å². The van der Waals surface area contributed by atoms with Crippen molar-refractivity contribution in [1.29, 1.82) is 5.26 Å². The minimum absolute atomic E-state index is 0.201. The molecule has 1 heterocycles. The van der Waals surface area contributed by atoms with E-state index in [0.717, 1.165) is 11.6 Å². The minimum Gasteiger partial charge on any atom is -0.314 e. The van der Waals surface area contributed by atoms with E-state index in [4.69, 9.17) is 5.26 Å². The number of aryl methyl sites for hydroxylation is 1. The molecule has 0 saturated heterocycles. The highest BCUT2D eigenvalue weighted by Crippen LogP contribution is 2.39. The first-order chi connectivity index (χ1) is 10.4. The number of fused-ring (bicyclic) bond motifs is 1. The van der Waals surface area contributed by atoms with Gasteiger partial charge in [-0.05, 0) is 42.8 Å². The number of halogens is 1. The van der Waals surface area contributed by atoms with Gasteiger partial charge in [-0.15, -0.1) is 0 Å². The highest BCUT2D eigenvalue weighted by atomic mass is 32.2. The molecule has 0 aliphatic carbocycles. The molecule has 0 atom stereocenters. The molecule has 1 aliphatic rings. The second-order valence-electron chi connectivity index (χ2n) is 4.93. The summed E-state index contributed by atoms with van der Waals surface area (Å²) in [5, 5.41) is 9.12. The molecule has 0 radical (unpaired) electrons. The van der Waals surface area contributed by atoms with Crippen LogP contribution in [0.1, 0.15) is 5.56 Å². The van der Waals surface area contributed by atoms with Gasteiger partial charge in [0.05, 0.1) is 10.6 Å². The summed E-state index contributed by atoms with van der Waals surface area (Å²) in [6.07, 6.45) is 1.27. The lowest BCUT2D eigenvalue weighted by atomic mass is 10.2. The van der Waals surface area contributed by atoms with E-state index in [9.17, 15) is 12.8 Å². The van der Waals surface area contributed by atoms with E-state index in [-0.39, 0.29) is 4.90 Å². The fraction of sp³-hybridized carbons (Fsp3) is 0.0625. The van der Waals surface area contributed by atoms with E-state index in [0.29, 0.717) is 11.4 Å². The lowest BCUT2D eigenvalue weighted by molar-refractivity contribution is 0.596. The third-order valence-corrected chi connectivity index (χ3v) is 5.08. The summed E-state index contributed by atoms with van der Waals surface area (Å²) in [4.78, 5) is 0.974. The average molecular weight is 314 g/mol. The Morgan fingerprint density at radius 2 is 1.95 bits per heavy atom. The maximum absolute atomic E-state index is 13.5. The summed E-state index contributed by atoms with van der Waals surface area (Å²) in [7, 11) is -3.99. The van der Waals surface area contributed by atoms with Gasteiger partial charge in [-0.1, -0.05) is 12.1 Å². The Balaban J connectivity index is 2.31. The lowest BCUT2D eigenvalue weighted by Gasteiger charge is -2.27. The van der Waals surface area contributed by atoms with Gasteiger partial charge in [0.1, 0.15) is 11.9 Å². The molecule has 2 aromatic rings. The minimum atomic E-state index is -3.99. The standard InChI is InChI=1S/C16H11FN2O2S/c1-11-3-2-4-13(7-11)19-10-14(9-18)22(20,21)16-8-12(17)5-6-15(16)19/h2-8,10H,1H3. The number of allylic oxidation sites excluding steroid dienone is 1. The van der Waals surface area contributed by atoms with Gasteiger partial charge in [0.2, 0.25) is 9.84 Å². The smallest absolute Gasteiger partial charge is 0.220 e. The van der Waals surface area contributed by atoms with E-state index < -0.39 is 20.6 Å². The number of nitriles is 1. The molecule has 1 aliphatic heterocycles. The first-order valence-corrected chi connectivity index (χ1v) is 7.94. The van der Waals surface area contributed by atoms with Crippen molar-refractivity contribution in [2.45, 2.75) is 11.8 Å². The van der Waals surface area contributed by atoms with Gasteiger partial charge >= 0.3 is 0 Å². The second-order valence-corrected chi connectivity index (χ2v) is 6.82. The molecule has 0 spiro atoms. The van der Waals surface area contributed by atoms with Crippen molar-refractivity contribution >= 4 is 21.2 Å². The molecule has 0 fully saturated rings. The summed E-state index contributed by atoms with van der Waals surface area (Å²) >= 11 is 0. The number of sulfone groups is 1. The van der Waals surface area contributed by atoms with Crippen molar-refractivity contribution in [2.75, 3.05) is 4.90 Å². The van der Waals surface area contributed by atoms with Crippen molar-refractivity contribution in [3.63, 3.8) is 0 Å². The highest BCUT2D eigenvalue weighted by molar-refractivity contribution is 7.95. The van der Waals surface area contributed by atoms with Crippen LogP contribution in [-0.2, 0) is 9.84 Å². The van der Waals surface area contributed by atoms with E-state index in [2.05, 4.69) is 0 Å². The molecule has 0 saturated carbocycles. The van der Waals surface area contributed by atoms with Gasteiger partial charge < -0.3 is 4.90 Å². The third-order valence-electron chi connectivity index (χ3n) is 3.40. The molecule has 2 aromatic carbocycles. The lowest BCUT2D eigenvalue weighted by Crippen LogP contribution is -2.21. The van der Waals surface area contributed by atoms with Crippen molar-refractivity contribution in [3.05, 3.63) is 65.0 Å². The van der Waals surface area contributed by atoms with E-state index in [1.807, 2.05) is 25.1 Å². The Morgan fingerprint density at radius 3 is 2.64 bits per heavy atom. The Labute approximate surface area is 127 Å². The normalized spacial score (nSPS) is 15.7. The Morgan fingerprint density at radius 1 is 1.18 bits per heavy atom. The molecular formula is C16H11FN2O2S.